The zero-order chi connectivity index (χ0) is 60.2. The van der Waals surface area contributed by atoms with Crippen molar-refractivity contribution in [3.8, 4) is 0 Å². The number of esters is 1. The first-order valence-electron chi connectivity index (χ1n) is 35.1. The number of allylic oxidation sites excluding steroid dienone is 9. The Morgan fingerprint density at radius 1 is 0.446 bits per heavy atom. The first-order chi connectivity index (χ1) is 40.7. The zero-order valence-corrected chi connectivity index (χ0v) is 53.7. The second-order valence-corrected chi connectivity index (χ2v) is 24.2. The van der Waals surface area contributed by atoms with Gasteiger partial charge >= 0.3 is 5.97 Å². The largest absolute Gasteiger partial charge is 0.466 e. The van der Waals surface area contributed by atoms with Crippen LogP contribution in [0.15, 0.2) is 60.8 Å². The van der Waals surface area contributed by atoms with E-state index in [0.29, 0.717) is 19.4 Å². The molecule has 0 saturated carbocycles. The van der Waals surface area contributed by atoms with E-state index in [9.17, 15) is 35.1 Å². The van der Waals surface area contributed by atoms with Crippen LogP contribution in [0.25, 0.3) is 0 Å². The number of carbonyl (C=O) groups is 2. The molecule has 1 aliphatic rings. The van der Waals surface area contributed by atoms with E-state index < -0.39 is 49.5 Å². The SMILES string of the molecule is CCCCC/C=C\C/C=C\CCCCCCCCCC(=O)OCCCCCCCCCCC/C=C\C/C=C\CCCCCCCCCCCCCCCC(=O)NC(COC1OC(CO)C(O)C(O)C1O)C(O)/C=C/CCCCCCCCC. The molecule has 1 heterocycles. The van der Waals surface area contributed by atoms with Crippen LogP contribution in [-0.4, -0.2) is 100 Å². The summed E-state index contributed by atoms with van der Waals surface area (Å²) in [6.45, 7) is 4.30. The molecular weight excluding hydrogens is 1040 g/mol. The summed E-state index contributed by atoms with van der Waals surface area (Å²) < 4.78 is 16.7. The molecule has 83 heavy (non-hydrogen) atoms. The molecule has 1 fully saturated rings. The third kappa shape index (κ3) is 50.1. The van der Waals surface area contributed by atoms with Crippen LogP contribution in [0, 0.1) is 0 Å². The van der Waals surface area contributed by atoms with Gasteiger partial charge in [-0.1, -0.05) is 274 Å². The molecule has 11 nitrogen and oxygen atoms in total. The molecule has 0 radical (unpaired) electrons. The van der Waals surface area contributed by atoms with E-state index in [0.717, 1.165) is 70.6 Å². The van der Waals surface area contributed by atoms with Gasteiger partial charge in [0, 0.05) is 12.8 Å². The fourth-order valence-electron chi connectivity index (χ4n) is 10.8. The summed E-state index contributed by atoms with van der Waals surface area (Å²) in [5.41, 5.74) is 0. The molecule has 0 aromatic carbocycles. The summed E-state index contributed by atoms with van der Waals surface area (Å²) in [4.78, 5) is 25.1. The van der Waals surface area contributed by atoms with Gasteiger partial charge in [-0.05, 0) is 96.3 Å². The summed E-state index contributed by atoms with van der Waals surface area (Å²) in [6, 6.07) is -0.810. The Bertz CT molecular complexity index is 1560. The molecule has 7 unspecified atom stereocenters. The highest BCUT2D eigenvalue weighted by atomic mass is 16.7. The molecule has 0 bridgehead atoms. The van der Waals surface area contributed by atoms with Crippen molar-refractivity contribution >= 4 is 11.9 Å². The van der Waals surface area contributed by atoms with Crippen molar-refractivity contribution in [2.45, 2.75) is 365 Å². The molecular formula is C72H131NO10. The Hall–Kier alpha value is -2.64. The lowest BCUT2D eigenvalue weighted by Gasteiger charge is -2.40. The van der Waals surface area contributed by atoms with Gasteiger partial charge in [0.1, 0.15) is 24.4 Å². The molecule has 1 saturated heterocycles. The molecule has 1 aliphatic heterocycles. The molecule has 11 heteroatoms. The van der Waals surface area contributed by atoms with Gasteiger partial charge < -0.3 is 45.1 Å². The smallest absolute Gasteiger partial charge is 0.305 e. The van der Waals surface area contributed by atoms with Crippen molar-refractivity contribution in [2.24, 2.45) is 0 Å². The minimum absolute atomic E-state index is 0.00479. The van der Waals surface area contributed by atoms with Gasteiger partial charge in [0.15, 0.2) is 6.29 Å². The van der Waals surface area contributed by atoms with Crippen LogP contribution in [0.1, 0.15) is 322 Å². The van der Waals surface area contributed by atoms with Crippen LogP contribution in [0.4, 0.5) is 0 Å². The van der Waals surface area contributed by atoms with Crippen molar-refractivity contribution < 1.29 is 49.3 Å². The van der Waals surface area contributed by atoms with Gasteiger partial charge in [-0.15, -0.1) is 0 Å². The maximum Gasteiger partial charge on any atom is 0.305 e. The van der Waals surface area contributed by atoms with Gasteiger partial charge in [-0.2, -0.15) is 0 Å². The fraction of sp³-hybridized carbons (Fsp3) is 0.833. The van der Waals surface area contributed by atoms with Crippen LogP contribution in [-0.2, 0) is 23.8 Å². The van der Waals surface area contributed by atoms with E-state index in [-0.39, 0.29) is 18.5 Å². The van der Waals surface area contributed by atoms with Crippen LogP contribution >= 0.6 is 0 Å². The van der Waals surface area contributed by atoms with Crippen LogP contribution < -0.4 is 5.32 Å². The normalized spacial score (nSPS) is 18.5. The summed E-state index contributed by atoms with van der Waals surface area (Å²) in [6.07, 6.45) is 70.8. The van der Waals surface area contributed by atoms with E-state index >= 15 is 0 Å². The van der Waals surface area contributed by atoms with Crippen LogP contribution in [0.3, 0.4) is 0 Å². The van der Waals surface area contributed by atoms with Crippen molar-refractivity contribution in [1.29, 1.82) is 0 Å². The summed E-state index contributed by atoms with van der Waals surface area (Å²) in [5, 5.41) is 54.3. The first-order valence-corrected chi connectivity index (χ1v) is 35.1. The van der Waals surface area contributed by atoms with Crippen molar-refractivity contribution in [3.63, 3.8) is 0 Å². The Balaban J connectivity index is 1.93. The highest BCUT2D eigenvalue weighted by Gasteiger charge is 2.44. The summed E-state index contributed by atoms with van der Waals surface area (Å²) in [7, 11) is 0. The maximum absolute atomic E-state index is 13.0. The number of unbranched alkanes of at least 4 members (excludes halogenated alkanes) is 39. The predicted molar refractivity (Wildman–Crippen MR) is 347 cm³/mol. The number of aliphatic hydroxyl groups is 5. The van der Waals surface area contributed by atoms with Gasteiger partial charge in [-0.25, -0.2) is 0 Å². The quantitative estimate of drug-likeness (QED) is 0.0195. The van der Waals surface area contributed by atoms with E-state index in [2.05, 4.69) is 67.8 Å². The Labute approximate surface area is 509 Å². The standard InChI is InChI=1S/C72H131NO10/c1-3-5-7-9-11-13-14-15-16-30-34-37-40-44-48-52-56-60-68(77)81-61-57-53-49-45-41-38-35-32-29-27-25-23-21-19-17-18-20-22-24-26-28-31-33-36-39-43-47-51-55-59-67(76)73-64(65(75)58-54-50-46-42-12-10-8-6-4-2)63-82-72-71(80)70(79)69(78)66(62-74)83-72/h11,13,15-17,19,23,25,54,58,64-66,69-72,74-75,78-80H,3-10,12,14,18,20-22,24,26-53,55-57,59-63H2,1-2H3,(H,73,76)/b13-11-,16-15-,19-17-,25-23-,58-54+. The molecule has 7 atom stereocenters. The molecule has 6 N–H and O–H groups in total. The number of carbonyl (C=O) groups excluding carboxylic acids is 2. The minimum atomic E-state index is -1.57. The van der Waals surface area contributed by atoms with E-state index in [1.807, 2.05) is 6.08 Å². The highest BCUT2D eigenvalue weighted by molar-refractivity contribution is 5.76. The first kappa shape index (κ1) is 78.4. The van der Waals surface area contributed by atoms with Crippen LogP contribution in [0.5, 0.6) is 0 Å². The van der Waals surface area contributed by atoms with E-state index in [1.165, 1.54) is 225 Å². The Morgan fingerprint density at radius 3 is 1.24 bits per heavy atom. The molecule has 1 amide bonds. The number of hydrogen-bond acceptors (Lipinski definition) is 10. The lowest BCUT2D eigenvalue weighted by Crippen LogP contribution is -2.60. The Morgan fingerprint density at radius 2 is 0.807 bits per heavy atom. The van der Waals surface area contributed by atoms with Gasteiger partial charge in [0.2, 0.25) is 5.91 Å². The molecule has 0 aromatic rings. The number of ether oxygens (including phenoxy) is 3. The molecule has 0 aliphatic carbocycles. The number of amides is 1. The van der Waals surface area contributed by atoms with E-state index in [1.54, 1.807) is 6.08 Å². The summed E-state index contributed by atoms with van der Waals surface area (Å²) in [5.74, 6) is -0.190. The van der Waals surface area contributed by atoms with Gasteiger partial charge in [0.25, 0.3) is 0 Å². The average molecular weight is 1170 g/mol. The third-order valence-corrected chi connectivity index (χ3v) is 16.3. The topological polar surface area (TPSA) is 175 Å². The number of aliphatic hydroxyl groups excluding tert-OH is 5. The molecule has 0 aromatic heterocycles. The summed E-state index contributed by atoms with van der Waals surface area (Å²) >= 11 is 0. The minimum Gasteiger partial charge on any atom is -0.466 e. The third-order valence-electron chi connectivity index (χ3n) is 16.3. The monoisotopic (exact) mass is 1170 g/mol. The lowest BCUT2D eigenvalue weighted by molar-refractivity contribution is -0.302. The number of nitrogens with one attached hydrogen (secondary N) is 1. The maximum atomic E-state index is 13.0. The lowest BCUT2D eigenvalue weighted by atomic mass is 9.99. The highest BCUT2D eigenvalue weighted by Crippen LogP contribution is 2.23. The van der Waals surface area contributed by atoms with Gasteiger partial charge in [-0.3, -0.25) is 9.59 Å². The number of rotatable bonds is 61. The number of hydrogen-bond donors (Lipinski definition) is 6. The van der Waals surface area contributed by atoms with Gasteiger partial charge in [0.05, 0.1) is 32.0 Å². The predicted octanol–water partition coefficient (Wildman–Crippen LogP) is 17.7. The van der Waals surface area contributed by atoms with Crippen molar-refractivity contribution in [1.82, 2.24) is 5.32 Å². The van der Waals surface area contributed by atoms with Crippen LogP contribution in [0.2, 0.25) is 0 Å². The van der Waals surface area contributed by atoms with Crippen molar-refractivity contribution in [3.05, 3.63) is 60.8 Å². The average Bonchev–Trinajstić information content (AvgIpc) is 3.57. The van der Waals surface area contributed by atoms with Crippen molar-refractivity contribution in [2.75, 3.05) is 19.8 Å². The molecule has 484 valence electrons. The molecule has 0 spiro atoms. The fourth-order valence-corrected chi connectivity index (χ4v) is 10.8. The second kappa shape index (κ2) is 61.0. The molecule has 1 rings (SSSR count). The Kier molecular flexibility index (Phi) is 57.6. The second-order valence-electron chi connectivity index (χ2n) is 24.2. The van der Waals surface area contributed by atoms with E-state index in [4.69, 9.17) is 14.2 Å². The zero-order valence-electron chi connectivity index (χ0n) is 53.7.